The van der Waals surface area contributed by atoms with Gasteiger partial charge in [-0.3, -0.25) is 9.10 Å². The zero-order valence-electron chi connectivity index (χ0n) is 17.2. The van der Waals surface area contributed by atoms with E-state index in [1.165, 1.54) is 44.6 Å². The Hall–Kier alpha value is -2.94. The summed E-state index contributed by atoms with van der Waals surface area (Å²) in [5.74, 6) is 0.0688. The third-order valence-electron chi connectivity index (χ3n) is 4.48. The van der Waals surface area contributed by atoms with E-state index in [-0.39, 0.29) is 16.3 Å². The number of para-hydroxylation sites is 2. The quantitative estimate of drug-likeness (QED) is 0.483. The zero-order valence-corrected chi connectivity index (χ0v) is 19.5. The molecule has 0 radical (unpaired) electrons. The number of ether oxygens (including phenoxy) is 2. The van der Waals surface area contributed by atoms with Crippen molar-refractivity contribution < 1.29 is 22.7 Å². The van der Waals surface area contributed by atoms with Gasteiger partial charge in [0.1, 0.15) is 18.0 Å². The van der Waals surface area contributed by atoms with Gasteiger partial charge in [0.15, 0.2) is 0 Å². The van der Waals surface area contributed by atoms with E-state index in [9.17, 15) is 13.2 Å². The van der Waals surface area contributed by atoms with Gasteiger partial charge in [0, 0.05) is 10.0 Å². The van der Waals surface area contributed by atoms with Crippen LogP contribution >= 0.6 is 23.2 Å². The van der Waals surface area contributed by atoms with Crippen LogP contribution in [0.4, 0.5) is 11.4 Å². The highest BCUT2D eigenvalue weighted by Crippen LogP contribution is 2.33. The minimum absolute atomic E-state index is 0.0269. The van der Waals surface area contributed by atoms with Crippen molar-refractivity contribution in [3.05, 3.63) is 76.8 Å². The first kappa shape index (κ1) is 23.7. The van der Waals surface area contributed by atoms with Crippen molar-refractivity contribution in [3.63, 3.8) is 0 Å². The summed E-state index contributed by atoms with van der Waals surface area (Å²) in [5.41, 5.74) is 0.520. The van der Waals surface area contributed by atoms with Gasteiger partial charge in [-0.05, 0) is 54.6 Å². The average molecular weight is 495 g/mol. The monoisotopic (exact) mass is 494 g/mol. The fraction of sp³-hybridized carbons (Fsp3) is 0.136. The smallest absolute Gasteiger partial charge is 0.264 e. The van der Waals surface area contributed by atoms with Gasteiger partial charge in [-0.2, -0.15) is 0 Å². The summed E-state index contributed by atoms with van der Waals surface area (Å²) in [4.78, 5) is 12.9. The molecular weight excluding hydrogens is 475 g/mol. The lowest BCUT2D eigenvalue weighted by Crippen LogP contribution is -2.38. The van der Waals surface area contributed by atoms with E-state index in [0.717, 1.165) is 4.31 Å². The fourth-order valence-corrected chi connectivity index (χ4v) is 4.70. The largest absolute Gasteiger partial charge is 0.495 e. The van der Waals surface area contributed by atoms with E-state index in [1.54, 1.807) is 36.4 Å². The van der Waals surface area contributed by atoms with Crippen molar-refractivity contribution >= 4 is 50.5 Å². The first-order chi connectivity index (χ1) is 15.3. The van der Waals surface area contributed by atoms with Crippen LogP contribution in [0, 0.1) is 0 Å². The molecule has 7 nitrogen and oxygen atoms in total. The van der Waals surface area contributed by atoms with Crippen molar-refractivity contribution in [1.82, 2.24) is 0 Å². The van der Waals surface area contributed by atoms with E-state index in [1.807, 2.05) is 0 Å². The van der Waals surface area contributed by atoms with E-state index < -0.39 is 22.5 Å². The van der Waals surface area contributed by atoms with Gasteiger partial charge in [-0.25, -0.2) is 8.42 Å². The number of hydrogen-bond donors (Lipinski definition) is 1. The third-order valence-corrected chi connectivity index (χ3v) is 6.74. The summed E-state index contributed by atoms with van der Waals surface area (Å²) in [7, 11) is -1.27. The molecule has 0 aromatic heterocycles. The van der Waals surface area contributed by atoms with Gasteiger partial charge in [0.25, 0.3) is 10.0 Å². The standard InChI is InChI=1S/C22H20Cl2N2O5S/c1-30-20-12-9-16(24)13-18(20)25-22(27)14-26(19-5-3-4-6-21(19)31-2)32(28,29)17-10-7-15(23)8-11-17/h3-13H,14H2,1-2H3,(H,25,27). The maximum Gasteiger partial charge on any atom is 0.264 e. The lowest BCUT2D eigenvalue weighted by Gasteiger charge is -2.25. The second-order valence-corrected chi connectivity index (χ2v) is 9.27. The van der Waals surface area contributed by atoms with Crippen LogP contribution in [0.1, 0.15) is 0 Å². The van der Waals surface area contributed by atoms with Crippen LogP contribution < -0.4 is 19.1 Å². The van der Waals surface area contributed by atoms with E-state index in [2.05, 4.69) is 5.32 Å². The van der Waals surface area contributed by atoms with Crippen molar-refractivity contribution in [2.24, 2.45) is 0 Å². The SMILES string of the molecule is COc1ccc(Cl)cc1NC(=O)CN(c1ccccc1OC)S(=O)(=O)c1ccc(Cl)cc1. The molecule has 0 bridgehead atoms. The van der Waals surface area contributed by atoms with E-state index in [4.69, 9.17) is 32.7 Å². The van der Waals surface area contributed by atoms with Crippen molar-refractivity contribution in [3.8, 4) is 11.5 Å². The molecule has 32 heavy (non-hydrogen) atoms. The molecule has 0 aliphatic carbocycles. The molecule has 0 atom stereocenters. The predicted octanol–water partition coefficient (Wildman–Crippen LogP) is 4.84. The van der Waals surface area contributed by atoms with Gasteiger partial charge in [0.2, 0.25) is 5.91 Å². The van der Waals surface area contributed by atoms with Crippen molar-refractivity contribution in [2.45, 2.75) is 4.90 Å². The van der Waals surface area contributed by atoms with Gasteiger partial charge < -0.3 is 14.8 Å². The molecule has 0 spiro atoms. The number of nitrogens with one attached hydrogen (secondary N) is 1. The van der Waals surface area contributed by atoms with Crippen LogP contribution in [-0.4, -0.2) is 35.1 Å². The Morgan fingerprint density at radius 3 is 2.19 bits per heavy atom. The van der Waals surface area contributed by atoms with Crippen LogP contribution in [0.15, 0.2) is 71.6 Å². The highest BCUT2D eigenvalue weighted by molar-refractivity contribution is 7.92. The van der Waals surface area contributed by atoms with Crippen molar-refractivity contribution in [2.75, 3.05) is 30.4 Å². The van der Waals surface area contributed by atoms with Crippen LogP contribution in [0.2, 0.25) is 10.0 Å². The summed E-state index contributed by atoms with van der Waals surface area (Å²) < 4.78 is 38.5. The normalized spacial score (nSPS) is 11.0. The maximum absolute atomic E-state index is 13.5. The summed E-state index contributed by atoms with van der Waals surface area (Å²) in [6.07, 6.45) is 0. The van der Waals surface area contributed by atoms with Crippen LogP contribution in [-0.2, 0) is 14.8 Å². The van der Waals surface area contributed by atoms with Gasteiger partial charge in [-0.15, -0.1) is 0 Å². The number of halogens is 2. The molecule has 3 aromatic carbocycles. The minimum atomic E-state index is -4.14. The number of hydrogen-bond acceptors (Lipinski definition) is 5. The summed E-state index contributed by atoms with van der Waals surface area (Å²) >= 11 is 11.9. The van der Waals surface area contributed by atoms with E-state index in [0.29, 0.717) is 21.5 Å². The number of carbonyl (C=O) groups is 1. The summed E-state index contributed by atoms with van der Waals surface area (Å²) in [6.45, 7) is -0.527. The number of carbonyl (C=O) groups excluding carboxylic acids is 1. The molecule has 0 saturated carbocycles. The Labute approximate surface area is 196 Å². The van der Waals surface area contributed by atoms with E-state index >= 15 is 0 Å². The maximum atomic E-state index is 13.5. The molecule has 1 N–H and O–H groups in total. The average Bonchev–Trinajstić information content (AvgIpc) is 2.78. The molecule has 10 heteroatoms. The zero-order chi connectivity index (χ0) is 23.3. The fourth-order valence-electron chi connectivity index (χ4n) is 2.97. The number of rotatable bonds is 8. The Morgan fingerprint density at radius 2 is 1.53 bits per heavy atom. The number of amides is 1. The van der Waals surface area contributed by atoms with Gasteiger partial charge in [-0.1, -0.05) is 35.3 Å². The Balaban J connectivity index is 2.01. The Bertz CT molecular complexity index is 1220. The number of methoxy groups -OCH3 is 2. The Kier molecular flexibility index (Phi) is 7.50. The second-order valence-electron chi connectivity index (χ2n) is 6.53. The molecular formula is C22H20Cl2N2O5S. The molecule has 0 saturated heterocycles. The van der Waals surface area contributed by atoms with Crippen molar-refractivity contribution in [1.29, 1.82) is 0 Å². The molecule has 3 rings (SSSR count). The summed E-state index contributed by atoms with van der Waals surface area (Å²) in [5, 5.41) is 3.43. The van der Waals surface area contributed by atoms with Gasteiger partial charge in [0.05, 0.1) is 30.5 Å². The minimum Gasteiger partial charge on any atom is -0.495 e. The first-order valence-corrected chi connectivity index (χ1v) is 11.5. The number of nitrogens with zero attached hydrogens (tertiary/aromatic N) is 1. The second kappa shape index (κ2) is 10.1. The highest BCUT2D eigenvalue weighted by Gasteiger charge is 2.29. The molecule has 3 aromatic rings. The highest BCUT2D eigenvalue weighted by atomic mass is 35.5. The summed E-state index contributed by atoms with van der Waals surface area (Å²) in [6, 6.07) is 16.9. The number of anilines is 2. The lowest BCUT2D eigenvalue weighted by molar-refractivity contribution is -0.114. The molecule has 0 aliphatic rings. The molecule has 0 fully saturated rings. The third kappa shape index (κ3) is 5.27. The number of sulfonamides is 1. The predicted molar refractivity (Wildman–Crippen MR) is 126 cm³/mol. The topological polar surface area (TPSA) is 84.9 Å². The van der Waals surface area contributed by atoms with Crippen LogP contribution in [0.5, 0.6) is 11.5 Å². The van der Waals surface area contributed by atoms with Crippen LogP contribution in [0.3, 0.4) is 0 Å². The Morgan fingerprint density at radius 1 is 0.906 bits per heavy atom. The van der Waals surface area contributed by atoms with Gasteiger partial charge >= 0.3 is 0 Å². The van der Waals surface area contributed by atoms with Crippen LogP contribution in [0.25, 0.3) is 0 Å². The lowest BCUT2D eigenvalue weighted by atomic mass is 10.2. The first-order valence-electron chi connectivity index (χ1n) is 9.31. The molecule has 0 aliphatic heterocycles. The number of benzene rings is 3. The molecule has 0 heterocycles. The molecule has 0 unspecified atom stereocenters. The molecule has 1 amide bonds. The molecule has 168 valence electrons.